The average Bonchev–Trinajstić information content (AvgIpc) is 2.90. The van der Waals surface area contributed by atoms with Gasteiger partial charge in [0.1, 0.15) is 0 Å². The van der Waals surface area contributed by atoms with Crippen LogP contribution in [0, 0.1) is 13.8 Å². The molecule has 1 atom stereocenters. The number of hydrogen-bond acceptors (Lipinski definition) is 4. The molecule has 2 N–H and O–H groups in total. The molecule has 0 saturated carbocycles. The molecule has 7 heteroatoms. The lowest BCUT2D eigenvalue weighted by atomic mass is 10.1. The van der Waals surface area contributed by atoms with Crippen LogP contribution in [0.2, 0.25) is 0 Å². The fourth-order valence-electron chi connectivity index (χ4n) is 3.15. The van der Waals surface area contributed by atoms with Crippen molar-refractivity contribution >= 4 is 6.03 Å². The van der Waals surface area contributed by atoms with E-state index in [9.17, 15) is 4.79 Å². The van der Waals surface area contributed by atoms with Gasteiger partial charge in [-0.3, -0.25) is 10.00 Å². The molecule has 24 heavy (non-hydrogen) atoms. The van der Waals surface area contributed by atoms with Gasteiger partial charge in [-0.1, -0.05) is 0 Å². The molecule has 0 bridgehead atoms. The quantitative estimate of drug-likeness (QED) is 0.736. The van der Waals surface area contributed by atoms with Gasteiger partial charge in [-0.2, -0.15) is 5.10 Å². The first-order chi connectivity index (χ1) is 11.5. The zero-order valence-corrected chi connectivity index (χ0v) is 15.4. The van der Waals surface area contributed by atoms with Crippen LogP contribution in [-0.4, -0.2) is 78.5 Å². The fraction of sp³-hybridized carbons (Fsp3) is 0.765. The first kappa shape index (κ1) is 18.7. The molecule has 1 aromatic heterocycles. The summed E-state index contributed by atoms with van der Waals surface area (Å²) in [6.07, 6.45) is 1.85. The summed E-state index contributed by atoms with van der Waals surface area (Å²) in [5, 5.41) is 10.2. The number of carbonyl (C=O) groups excluding carboxylic acids is 1. The van der Waals surface area contributed by atoms with E-state index in [1.54, 1.807) is 4.90 Å². The second-order valence-corrected chi connectivity index (χ2v) is 6.63. The number of ether oxygens (including phenoxy) is 1. The van der Waals surface area contributed by atoms with Gasteiger partial charge in [-0.15, -0.1) is 0 Å². The Hall–Kier alpha value is -1.60. The maximum Gasteiger partial charge on any atom is 0.317 e. The molecule has 1 saturated heterocycles. The van der Waals surface area contributed by atoms with Gasteiger partial charge >= 0.3 is 6.03 Å². The third-order valence-electron chi connectivity index (χ3n) is 4.71. The highest BCUT2D eigenvalue weighted by Crippen LogP contribution is 2.11. The Balaban J connectivity index is 1.66. The Bertz CT molecular complexity index is 506. The summed E-state index contributed by atoms with van der Waals surface area (Å²) < 4.78 is 5.37. The van der Waals surface area contributed by atoms with E-state index in [-0.39, 0.29) is 6.03 Å². The minimum absolute atomic E-state index is 0.00394. The van der Waals surface area contributed by atoms with Crippen molar-refractivity contribution in [3.8, 4) is 0 Å². The molecule has 1 fully saturated rings. The zero-order valence-electron chi connectivity index (χ0n) is 15.4. The van der Waals surface area contributed by atoms with Gasteiger partial charge in [0.2, 0.25) is 0 Å². The monoisotopic (exact) mass is 337 g/mol. The van der Waals surface area contributed by atoms with Crippen LogP contribution < -0.4 is 5.32 Å². The summed E-state index contributed by atoms with van der Waals surface area (Å²) in [6, 6.07) is 0.344. The lowest BCUT2D eigenvalue weighted by Crippen LogP contribution is -2.49. The van der Waals surface area contributed by atoms with Crippen LogP contribution in [0.4, 0.5) is 4.79 Å². The highest BCUT2D eigenvalue weighted by molar-refractivity contribution is 5.73. The minimum Gasteiger partial charge on any atom is -0.379 e. The molecule has 136 valence electrons. The van der Waals surface area contributed by atoms with Gasteiger partial charge in [0, 0.05) is 45.0 Å². The molecule has 2 heterocycles. The number of rotatable bonds is 7. The number of nitrogens with one attached hydrogen (secondary N) is 2. The summed E-state index contributed by atoms with van der Waals surface area (Å²) in [7, 11) is 1.86. The van der Waals surface area contributed by atoms with Crippen LogP contribution in [0.25, 0.3) is 0 Å². The lowest BCUT2D eigenvalue weighted by Gasteiger charge is -2.34. The minimum atomic E-state index is -0.00394. The molecular weight excluding hydrogens is 306 g/mol. The van der Waals surface area contributed by atoms with Crippen molar-refractivity contribution in [3.63, 3.8) is 0 Å². The van der Waals surface area contributed by atoms with E-state index in [2.05, 4.69) is 27.3 Å². The maximum absolute atomic E-state index is 12.2. The molecule has 0 unspecified atom stereocenters. The Morgan fingerprint density at radius 3 is 2.75 bits per heavy atom. The van der Waals surface area contributed by atoms with Crippen molar-refractivity contribution in [2.45, 2.75) is 39.7 Å². The Morgan fingerprint density at radius 1 is 1.42 bits per heavy atom. The number of aromatic amines is 1. The summed E-state index contributed by atoms with van der Waals surface area (Å²) in [6.45, 7) is 11.1. The van der Waals surface area contributed by atoms with Crippen molar-refractivity contribution in [3.05, 3.63) is 17.0 Å². The van der Waals surface area contributed by atoms with E-state index in [0.717, 1.165) is 57.1 Å². The van der Waals surface area contributed by atoms with Crippen LogP contribution in [0.5, 0.6) is 0 Å². The number of carbonyl (C=O) groups is 1. The number of urea groups is 1. The molecule has 0 aliphatic carbocycles. The van der Waals surface area contributed by atoms with Crippen molar-refractivity contribution in [2.75, 3.05) is 46.4 Å². The normalized spacial score (nSPS) is 16.8. The fourth-order valence-corrected chi connectivity index (χ4v) is 3.15. The lowest BCUT2D eigenvalue weighted by molar-refractivity contribution is 0.0161. The van der Waals surface area contributed by atoms with Gasteiger partial charge in [0.25, 0.3) is 0 Å². The molecule has 2 rings (SSSR count). The molecule has 0 radical (unpaired) electrons. The van der Waals surface area contributed by atoms with Crippen LogP contribution in [0.15, 0.2) is 0 Å². The smallest absolute Gasteiger partial charge is 0.317 e. The number of nitrogens with zero attached hydrogens (tertiary/aromatic N) is 3. The Labute approximate surface area is 144 Å². The third-order valence-corrected chi connectivity index (χ3v) is 4.71. The topological polar surface area (TPSA) is 73.5 Å². The van der Waals surface area contributed by atoms with Crippen molar-refractivity contribution in [1.82, 2.24) is 25.3 Å². The summed E-state index contributed by atoms with van der Waals surface area (Å²) in [5.74, 6) is 0. The Morgan fingerprint density at radius 2 is 2.12 bits per heavy atom. The molecule has 1 aliphatic rings. The van der Waals surface area contributed by atoms with Crippen LogP contribution in [0.1, 0.15) is 30.3 Å². The van der Waals surface area contributed by atoms with E-state index < -0.39 is 0 Å². The predicted octanol–water partition coefficient (Wildman–Crippen LogP) is 1.32. The number of amides is 2. The van der Waals surface area contributed by atoms with Gasteiger partial charge in [0.05, 0.1) is 18.9 Å². The van der Waals surface area contributed by atoms with E-state index in [0.29, 0.717) is 12.6 Å². The van der Waals surface area contributed by atoms with Gasteiger partial charge in [0.15, 0.2) is 0 Å². The van der Waals surface area contributed by atoms with Crippen molar-refractivity contribution in [1.29, 1.82) is 0 Å². The van der Waals surface area contributed by atoms with E-state index in [1.807, 2.05) is 20.9 Å². The second kappa shape index (κ2) is 9.03. The van der Waals surface area contributed by atoms with E-state index >= 15 is 0 Å². The van der Waals surface area contributed by atoms with Gasteiger partial charge in [-0.25, -0.2) is 4.79 Å². The van der Waals surface area contributed by atoms with Crippen molar-refractivity contribution < 1.29 is 9.53 Å². The summed E-state index contributed by atoms with van der Waals surface area (Å²) >= 11 is 0. The van der Waals surface area contributed by atoms with E-state index in [4.69, 9.17) is 4.74 Å². The highest BCUT2D eigenvalue weighted by Gasteiger charge is 2.20. The number of likely N-dealkylation sites (N-methyl/N-ethyl adjacent to an activating group) is 1. The maximum atomic E-state index is 12.2. The molecule has 0 aromatic carbocycles. The summed E-state index contributed by atoms with van der Waals surface area (Å²) in [5.41, 5.74) is 3.43. The third kappa shape index (κ3) is 5.21. The zero-order chi connectivity index (χ0) is 17.5. The molecular formula is C17H31N5O2. The molecule has 0 spiro atoms. The second-order valence-electron chi connectivity index (χ2n) is 6.63. The first-order valence-electron chi connectivity index (χ1n) is 8.80. The summed E-state index contributed by atoms with van der Waals surface area (Å²) in [4.78, 5) is 16.4. The van der Waals surface area contributed by atoms with Crippen LogP contribution >= 0.6 is 0 Å². The number of hydrogen-bond donors (Lipinski definition) is 2. The highest BCUT2D eigenvalue weighted by atomic mass is 16.5. The van der Waals surface area contributed by atoms with Crippen LogP contribution in [-0.2, 0) is 11.2 Å². The average molecular weight is 337 g/mol. The molecule has 2 amide bonds. The number of morpholine rings is 1. The number of aromatic nitrogens is 2. The predicted molar refractivity (Wildman–Crippen MR) is 94.3 cm³/mol. The largest absolute Gasteiger partial charge is 0.379 e. The van der Waals surface area contributed by atoms with Gasteiger partial charge < -0.3 is 15.0 Å². The van der Waals surface area contributed by atoms with Gasteiger partial charge in [-0.05, 0) is 39.2 Å². The number of H-pyrrole nitrogens is 1. The SMILES string of the molecule is Cc1n[nH]c(C)c1CCCNC(=O)N(C)C[C@@H](C)N1CCOCC1. The standard InChI is InChI=1S/C17H31N5O2/c1-13(22-8-10-24-11-9-22)12-21(4)17(23)18-7-5-6-16-14(2)19-20-15(16)3/h13H,5-12H2,1-4H3,(H,18,23)(H,19,20)/t13-/m1/s1. The number of aryl methyl sites for hydroxylation is 2. The molecule has 7 nitrogen and oxygen atoms in total. The first-order valence-corrected chi connectivity index (χ1v) is 8.80. The van der Waals surface area contributed by atoms with Crippen LogP contribution in [0.3, 0.4) is 0 Å². The van der Waals surface area contributed by atoms with E-state index in [1.165, 1.54) is 5.56 Å². The Kier molecular flexibility index (Phi) is 7.05. The molecule has 1 aromatic rings. The van der Waals surface area contributed by atoms with Crippen molar-refractivity contribution in [2.24, 2.45) is 0 Å². The molecule has 1 aliphatic heterocycles.